The number of carbonyl (C=O) groups excluding carboxylic acids is 1. The lowest BCUT2D eigenvalue weighted by molar-refractivity contribution is 0.257. The van der Waals surface area contributed by atoms with E-state index >= 15 is 0 Å². The van der Waals surface area contributed by atoms with Gasteiger partial charge in [0.25, 0.3) is 0 Å². The van der Waals surface area contributed by atoms with Crippen molar-refractivity contribution < 1.29 is 9.53 Å². The minimum atomic E-state index is -0.455. The maximum Gasteiger partial charge on any atom is 0.367 e. The number of rotatable bonds is 5. The molecule has 0 aliphatic carbocycles. The maximum absolute atomic E-state index is 11.0. The highest BCUT2D eigenvalue weighted by Gasteiger charge is 2.14. The highest BCUT2D eigenvalue weighted by Crippen LogP contribution is 2.20. The van der Waals surface area contributed by atoms with E-state index in [1.807, 2.05) is 24.3 Å². The van der Waals surface area contributed by atoms with Crippen molar-refractivity contribution in [2.75, 3.05) is 6.61 Å². The summed E-state index contributed by atoms with van der Waals surface area (Å²) in [6, 6.07) is 7.10. The van der Waals surface area contributed by atoms with Crippen LogP contribution >= 0.6 is 0 Å². The summed E-state index contributed by atoms with van der Waals surface area (Å²) < 4.78 is 5.67. The normalized spacial score (nSPS) is 13.9. The van der Waals surface area contributed by atoms with Gasteiger partial charge in [-0.15, -0.1) is 0 Å². The van der Waals surface area contributed by atoms with E-state index in [0.29, 0.717) is 12.3 Å². The van der Waals surface area contributed by atoms with Gasteiger partial charge >= 0.3 is 6.03 Å². The molecule has 2 amide bonds. The molecule has 0 radical (unpaired) electrons. The molecule has 0 atom stereocenters. The number of amides is 2. The second kappa shape index (κ2) is 5.39. The largest absolute Gasteiger partial charge is 0.493 e. The van der Waals surface area contributed by atoms with Gasteiger partial charge in [-0.05, 0) is 18.6 Å². The lowest BCUT2D eigenvalue weighted by atomic mass is 10.1. The summed E-state index contributed by atoms with van der Waals surface area (Å²) in [6.07, 6.45) is 3.57. The first-order valence-corrected chi connectivity index (χ1v) is 5.70. The van der Waals surface area contributed by atoms with E-state index in [2.05, 4.69) is 16.9 Å². The van der Waals surface area contributed by atoms with E-state index in [-0.39, 0.29) is 0 Å². The highest BCUT2D eigenvalue weighted by atomic mass is 16.5. The molecule has 1 aliphatic rings. The summed E-state index contributed by atoms with van der Waals surface area (Å²) in [4.78, 5) is 18.4. The number of hydrogen-bond donors (Lipinski definition) is 0. The van der Waals surface area contributed by atoms with Crippen LogP contribution < -0.4 is 4.74 Å². The third kappa shape index (κ3) is 2.78. The molecule has 1 heterocycles. The Bertz CT molecular complexity index is 478. The first-order valence-electron chi connectivity index (χ1n) is 5.70. The number of benzene rings is 1. The lowest BCUT2D eigenvalue weighted by Crippen LogP contribution is -2.05. The summed E-state index contributed by atoms with van der Waals surface area (Å²) in [5.74, 6) is 0.751. The van der Waals surface area contributed by atoms with Crippen LogP contribution in [0.25, 0.3) is 0 Å². The maximum atomic E-state index is 11.0. The monoisotopic (exact) mass is 230 g/mol. The second-order valence-corrected chi connectivity index (χ2v) is 3.74. The van der Waals surface area contributed by atoms with Crippen LogP contribution in [0.2, 0.25) is 0 Å². The van der Waals surface area contributed by atoms with E-state index in [4.69, 9.17) is 4.74 Å². The summed E-state index contributed by atoms with van der Waals surface area (Å²) in [7, 11) is 0. The zero-order chi connectivity index (χ0) is 12.1. The number of carbonyl (C=O) groups is 1. The average Bonchev–Trinajstić information content (AvgIpc) is 2.77. The van der Waals surface area contributed by atoms with Crippen molar-refractivity contribution in [1.82, 2.24) is 0 Å². The van der Waals surface area contributed by atoms with E-state index in [1.165, 1.54) is 6.21 Å². The molecule has 0 fully saturated rings. The van der Waals surface area contributed by atoms with Crippen LogP contribution in [0.1, 0.15) is 25.3 Å². The lowest BCUT2D eigenvalue weighted by Gasteiger charge is -2.09. The summed E-state index contributed by atoms with van der Waals surface area (Å²) >= 11 is 0. The predicted octanol–water partition coefficient (Wildman–Crippen LogP) is 2.86. The van der Waals surface area contributed by atoms with Crippen molar-refractivity contribution in [3.05, 3.63) is 29.8 Å². The van der Waals surface area contributed by atoms with E-state index in [1.54, 1.807) is 0 Å². The Morgan fingerprint density at radius 3 is 2.82 bits per heavy atom. The first-order chi connectivity index (χ1) is 8.31. The minimum Gasteiger partial charge on any atom is -0.493 e. The predicted molar refractivity (Wildman–Crippen MR) is 67.3 cm³/mol. The molecule has 1 aliphatic heterocycles. The number of para-hydroxylation sites is 1. The molecule has 0 saturated heterocycles. The molecule has 0 spiro atoms. The Hall–Kier alpha value is -1.97. The van der Waals surface area contributed by atoms with E-state index < -0.39 is 6.03 Å². The SMILES string of the molecule is CCCCOc1ccccc1C1=NC(=O)N=C1. The third-order valence-electron chi connectivity index (χ3n) is 2.43. The van der Waals surface area contributed by atoms with Gasteiger partial charge in [0.15, 0.2) is 0 Å². The Morgan fingerprint density at radius 1 is 1.29 bits per heavy atom. The number of aliphatic imine (C=N–C) groups is 2. The molecule has 2 rings (SSSR count). The van der Waals surface area contributed by atoms with Crippen LogP contribution in [0.4, 0.5) is 4.79 Å². The van der Waals surface area contributed by atoms with Gasteiger partial charge < -0.3 is 4.74 Å². The number of ether oxygens (including phenoxy) is 1. The fourth-order valence-electron chi connectivity index (χ4n) is 1.54. The zero-order valence-electron chi connectivity index (χ0n) is 9.72. The van der Waals surface area contributed by atoms with Gasteiger partial charge in [-0.25, -0.2) is 4.79 Å². The van der Waals surface area contributed by atoms with Crippen LogP contribution in [0.5, 0.6) is 5.75 Å². The van der Waals surface area contributed by atoms with Crippen molar-refractivity contribution in [3.63, 3.8) is 0 Å². The Morgan fingerprint density at radius 2 is 2.12 bits per heavy atom. The molecule has 0 aromatic heterocycles. The molecule has 88 valence electrons. The van der Waals surface area contributed by atoms with Crippen LogP contribution in [0.3, 0.4) is 0 Å². The molecule has 1 aromatic rings. The molecular formula is C13H14N2O2. The molecule has 0 bridgehead atoms. The number of nitrogens with zero attached hydrogens (tertiary/aromatic N) is 2. The van der Waals surface area contributed by atoms with E-state index in [0.717, 1.165) is 24.2 Å². The second-order valence-electron chi connectivity index (χ2n) is 3.74. The van der Waals surface area contributed by atoms with Gasteiger partial charge in [0, 0.05) is 5.56 Å². The van der Waals surface area contributed by atoms with Crippen molar-refractivity contribution in [3.8, 4) is 5.75 Å². The quantitative estimate of drug-likeness (QED) is 0.730. The van der Waals surface area contributed by atoms with Crippen LogP contribution in [-0.4, -0.2) is 24.6 Å². The summed E-state index contributed by atoms with van der Waals surface area (Å²) in [5, 5.41) is 0. The molecule has 0 unspecified atom stereocenters. The Labute approximate surface area is 100 Å². The summed E-state index contributed by atoms with van der Waals surface area (Å²) in [6.45, 7) is 2.79. The molecule has 0 saturated carbocycles. The Balaban J connectivity index is 2.19. The van der Waals surface area contributed by atoms with Crippen LogP contribution in [0.15, 0.2) is 34.3 Å². The first kappa shape index (κ1) is 11.5. The average molecular weight is 230 g/mol. The smallest absolute Gasteiger partial charge is 0.367 e. The van der Waals surface area contributed by atoms with Gasteiger partial charge in [-0.1, -0.05) is 25.5 Å². The minimum absolute atomic E-state index is 0.455. The van der Waals surface area contributed by atoms with E-state index in [9.17, 15) is 4.79 Å². The van der Waals surface area contributed by atoms with Crippen molar-refractivity contribution in [1.29, 1.82) is 0 Å². The fourth-order valence-corrected chi connectivity index (χ4v) is 1.54. The van der Waals surface area contributed by atoms with Crippen molar-refractivity contribution in [2.45, 2.75) is 19.8 Å². The molecule has 0 N–H and O–H groups in total. The molecular weight excluding hydrogens is 216 g/mol. The fraction of sp³-hybridized carbons (Fsp3) is 0.308. The highest BCUT2D eigenvalue weighted by molar-refractivity contribution is 6.44. The van der Waals surface area contributed by atoms with Gasteiger partial charge in [0.05, 0.1) is 18.5 Å². The zero-order valence-corrected chi connectivity index (χ0v) is 9.72. The number of urea groups is 1. The van der Waals surface area contributed by atoms with Gasteiger partial charge in [-0.2, -0.15) is 9.98 Å². The molecule has 4 nitrogen and oxygen atoms in total. The van der Waals surface area contributed by atoms with Crippen LogP contribution in [0, 0.1) is 0 Å². The van der Waals surface area contributed by atoms with Gasteiger partial charge in [-0.3, -0.25) is 0 Å². The van der Waals surface area contributed by atoms with Crippen LogP contribution in [-0.2, 0) is 0 Å². The number of hydrogen-bond acceptors (Lipinski definition) is 2. The topological polar surface area (TPSA) is 51.0 Å². The number of unbranched alkanes of at least 4 members (excludes halogenated alkanes) is 1. The van der Waals surface area contributed by atoms with Gasteiger partial charge in [0.1, 0.15) is 5.75 Å². The van der Waals surface area contributed by atoms with Crippen molar-refractivity contribution >= 4 is 18.0 Å². The Kier molecular flexibility index (Phi) is 3.65. The third-order valence-corrected chi connectivity index (χ3v) is 2.43. The molecule has 4 heteroatoms. The van der Waals surface area contributed by atoms with Gasteiger partial charge in [0.2, 0.25) is 0 Å². The summed E-state index contributed by atoms with van der Waals surface area (Å²) in [5.41, 5.74) is 1.39. The van der Waals surface area contributed by atoms with Crippen molar-refractivity contribution in [2.24, 2.45) is 9.98 Å². The molecule has 17 heavy (non-hydrogen) atoms. The standard InChI is InChI=1S/C13H14N2O2/c1-2-3-8-17-12-7-5-4-6-10(12)11-9-14-13(16)15-11/h4-7,9H,2-3,8H2,1H3. The molecule has 1 aromatic carbocycles.